The molecule has 0 spiro atoms. The molecule has 0 aromatic heterocycles. The molecule has 0 amide bonds. The summed E-state index contributed by atoms with van der Waals surface area (Å²) in [7, 11) is 2.27. The van der Waals surface area contributed by atoms with Crippen LogP contribution in [0.2, 0.25) is 0 Å². The van der Waals surface area contributed by atoms with Crippen LogP contribution in [0.3, 0.4) is 0 Å². The van der Waals surface area contributed by atoms with E-state index < -0.39 is 0 Å². The van der Waals surface area contributed by atoms with Crippen molar-refractivity contribution in [1.29, 1.82) is 0 Å². The highest BCUT2D eigenvalue weighted by molar-refractivity contribution is 5.53. The van der Waals surface area contributed by atoms with Gasteiger partial charge in [-0.3, -0.25) is 4.90 Å². The molecule has 2 aromatic rings. The summed E-state index contributed by atoms with van der Waals surface area (Å²) in [5.74, 6) is 1.99. The SMILES string of the molecule is CCN1CCC(N(C)C2c3ccccc3Oc3ccccc32)C1. The topological polar surface area (TPSA) is 15.7 Å². The molecule has 2 aliphatic heterocycles. The van der Waals surface area contributed by atoms with Gasteiger partial charge in [0.1, 0.15) is 11.5 Å². The second-order valence-corrected chi connectivity index (χ2v) is 6.58. The molecule has 4 rings (SSSR count). The quantitative estimate of drug-likeness (QED) is 0.855. The molecule has 2 aromatic carbocycles. The third kappa shape index (κ3) is 2.54. The fraction of sp³-hybridized carbons (Fsp3) is 0.400. The summed E-state index contributed by atoms with van der Waals surface area (Å²) in [5.41, 5.74) is 2.56. The summed E-state index contributed by atoms with van der Waals surface area (Å²) in [5, 5.41) is 0. The first-order valence-corrected chi connectivity index (χ1v) is 8.58. The van der Waals surface area contributed by atoms with Gasteiger partial charge < -0.3 is 9.64 Å². The smallest absolute Gasteiger partial charge is 0.132 e. The second-order valence-electron chi connectivity index (χ2n) is 6.58. The van der Waals surface area contributed by atoms with Crippen molar-refractivity contribution in [2.75, 3.05) is 26.7 Å². The van der Waals surface area contributed by atoms with Crippen LogP contribution in [-0.2, 0) is 0 Å². The largest absolute Gasteiger partial charge is 0.457 e. The van der Waals surface area contributed by atoms with Crippen molar-refractivity contribution < 1.29 is 4.74 Å². The summed E-state index contributed by atoms with van der Waals surface area (Å²) < 4.78 is 6.13. The number of rotatable bonds is 3. The zero-order valence-corrected chi connectivity index (χ0v) is 13.9. The Labute approximate surface area is 138 Å². The van der Waals surface area contributed by atoms with Gasteiger partial charge in [-0.15, -0.1) is 0 Å². The second kappa shape index (κ2) is 5.99. The van der Waals surface area contributed by atoms with Gasteiger partial charge in [0.05, 0.1) is 6.04 Å². The van der Waals surface area contributed by atoms with E-state index in [0.717, 1.165) is 24.6 Å². The summed E-state index contributed by atoms with van der Waals surface area (Å²) in [6.07, 6.45) is 1.24. The predicted molar refractivity (Wildman–Crippen MR) is 93.1 cm³/mol. The summed E-state index contributed by atoms with van der Waals surface area (Å²) in [4.78, 5) is 5.09. The highest BCUT2D eigenvalue weighted by atomic mass is 16.5. The molecule has 0 bridgehead atoms. The Morgan fingerprint density at radius 3 is 2.22 bits per heavy atom. The van der Waals surface area contributed by atoms with Crippen LogP contribution in [-0.4, -0.2) is 42.5 Å². The first kappa shape index (κ1) is 14.7. The molecule has 0 aliphatic carbocycles. The van der Waals surface area contributed by atoms with Gasteiger partial charge in [-0.25, -0.2) is 0 Å². The number of nitrogens with zero attached hydrogens (tertiary/aromatic N) is 2. The molecule has 23 heavy (non-hydrogen) atoms. The number of hydrogen-bond donors (Lipinski definition) is 0. The van der Waals surface area contributed by atoms with Crippen molar-refractivity contribution in [3.63, 3.8) is 0 Å². The maximum atomic E-state index is 6.13. The Bertz CT molecular complexity index is 654. The van der Waals surface area contributed by atoms with Crippen molar-refractivity contribution in [2.45, 2.75) is 25.4 Å². The van der Waals surface area contributed by atoms with Crippen molar-refractivity contribution in [1.82, 2.24) is 9.80 Å². The highest BCUT2D eigenvalue weighted by Gasteiger charge is 2.35. The maximum absolute atomic E-state index is 6.13. The lowest BCUT2D eigenvalue weighted by Crippen LogP contribution is -2.38. The summed E-state index contributed by atoms with van der Waals surface area (Å²) >= 11 is 0. The highest BCUT2D eigenvalue weighted by Crippen LogP contribution is 2.46. The number of para-hydroxylation sites is 2. The molecule has 120 valence electrons. The Morgan fingerprint density at radius 2 is 1.65 bits per heavy atom. The average Bonchev–Trinajstić information content (AvgIpc) is 3.08. The fourth-order valence-corrected chi connectivity index (χ4v) is 3.97. The van der Waals surface area contributed by atoms with E-state index in [4.69, 9.17) is 4.74 Å². The van der Waals surface area contributed by atoms with Crippen molar-refractivity contribution in [3.05, 3.63) is 59.7 Å². The standard InChI is InChI=1S/C20H24N2O/c1-3-22-13-12-15(14-22)21(2)20-16-8-4-6-10-18(16)23-19-11-7-5-9-17(19)20/h4-11,15,20H,3,12-14H2,1-2H3. The third-order valence-corrected chi connectivity index (χ3v) is 5.33. The molecule has 3 heteroatoms. The van der Waals surface area contributed by atoms with Crippen LogP contribution < -0.4 is 4.74 Å². The van der Waals surface area contributed by atoms with Crippen LogP contribution in [0.5, 0.6) is 11.5 Å². The van der Waals surface area contributed by atoms with Gasteiger partial charge >= 0.3 is 0 Å². The minimum atomic E-state index is 0.276. The molecule has 2 heterocycles. The molecular formula is C20H24N2O. The minimum absolute atomic E-state index is 0.276. The monoisotopic (exact) mass is 308 g/mol. The van der Waals surface area contributed by atoms with E-state index in [9.17, 15) is 0 Å². The first-order chi connectivity index (χ1) is 11.3. The number of fused-ring (bicyclic) bond motifs is 2. The number of benzene rings is 2. The molecular weight excluding hydrogens is 284 g/mol. The fourth-order valence-electron chi connectivity index (χ4n) is 3.97. The molecule has 1 atom stereocenters. The summed E-state index contributed by atoms with van der Waals surface area (Å²) in [6.45, 7) is 5.76. The molecule has 1 unspecified atom stereocenters. The molecule has 0 saturated carbocycles. The van der Waals surface area contributed by atoms with E-state index in [2.05, 4.69) is 72.3 Å². The van der Waals surface area contributed by atoms with Gasteiger partial charge in [-0.2, -0.15) is 0 Å². The van der Waals surface area contributed by atoms with Gasteiger partial charge in [0.15, 0.2) is 0 Å². The zero-order chi connectivity index (χ0) is 15.8. The van der Waals surface area contributed by atoms with Crippen LogP contribution in [0.15, 0.2) is 48.5 Å². The van der Waals surface area contributed by atoms with Gasteiger partial charge in [-0.1, -0.05) is 43.3 Å². The molecule has 3 nitrogen and oxygen atoms in total. The van der Waals surface area contributed by atoms with Crippen molar-refractivity contribution in [3.8, 4) is 11.5 Å². The Balaban J connectivity index is 1.72. The molecule has 1 saturated heterocycles. The minimum Gasteiger partial charge on any atom is -0.457 e. The third-order valence-electron chi connectivity index (χ3n) is 5.33. The number of likely N-dealkylation sites (tertiary alicyclic amines) is 1. The summed E-state index contributed by atoms with van der Waals surface area (Å²) in [6, 6.07) is 17.8. The van der Waals surface area contributed by atoms with E-state index in [-0.39, 0.29) is 6.04 Å². The van der Waals surface area contributed by atoms with Crippen LogP contribution >= 0.6 is 0 Å². The van der Waals surface area contributed by atoms with E-state index >= 15 is 0 Å². The van der Waals surface area contributed by atoms with Gasteiger partial charge in [0.25, 0.3) is 0 Å². The lowest BCUT2D eigenvalue weighted by Gasteiger charge is -2.37. The molecule has 1 fully saturated rings. The van der Waals surface area contributed by atoms with Gasteiger partial charge in [0.2, 0.25) is 0 Å². The van der Waals surface area contributed by atoms with Crippen LogP contribution in [0.25, 0.3) is 0 Å². The van der Waals surface area contributed by atoms with Gasteiger partial charge in [0, 0.05) is 23.7 Å². The average molecular weight is 308 g/mol. The number of ether oxygens (including phenoxy) is 1. The van der Waals surface area contributed by atoms with Crippen molar-refractivity contribution in [2.24, 2.45) is 0 Å². The van der Waals surface area contributed by atoms with E-state index in [1.807, 2.05) is 0 Å². The maximum Gasteiger partial charge on any atom is 0.132 e. The van der Waals surface area contributed by atoms with Crippen LogP contribution in [0, 0.1) is 0 Å². The van der Waals surface area contributed by atoms with Crippen LogP contribution in [0.1, 0.15) is 30.5 Å². The molecule has 0 N–H and O–H groups in total. The Morgan fingerprint density at radius 1 is 1.04 bits per heavy atom. The normalized spacial score (nSPS) is 21.1. The molecule has 0 radical (unpaired) electrons. The van der Waals surface area contributed by atoms with Crippen LogP contribution in [0.4, 0.5) is 0 Å². The lowest BCUT2D eigenvalue weighted by atomic mass is 9.92. The number of hydrogen-bond acceptors (Lipinski definition) is 3. The van der Waals surface area contributed by atoms with E-state index in [1.165, 1.54) is 24.1 Å². The Hall–Kier alpha value is -1.84. The first-order valence-electron chi connectivity index (χ1n) is 8.58. The zero-order valence-electron chi connectivity index (χ0n) is 13.9. The Kier molecular flexibility index (Phi) is 3.83. The van der Waals surface area contributed by atoms with Gasteiger partial charge in [-0.05, 0) is 38.7 Å². The van der Waals surface area contributed by atoms with Crippen molar-refractivity contribution >= 4 is 0 Å². The lowest BCUT2D eigenvalue weighted by molar-refractivity contribution is 0.186. The number of likely N-dealkylation sites (N-methyl/N-ethyl adjacent to an activating group) is 2. The van der Waals surface area contributed by atoms with E-state index in [0.29, 0.717) is 6.04 Å². The molecule has 2 aliphatic rings. The predicted octanol–water partition coefficient (Wildman–Crippen LogP) is 3.91. The van der Waals surface area contributed by atoms with E-state index in [1.54, 1.807) is 0 Å².